The molecule has 0 saturated heterocycles. The van der Waals surface area contributed by atoms with Crippen LogP contribution < -0.4 is 5.56 Å². The Balaban J connectivity index is 2.08. The molecule has 106 valence electrons. The van der Waals surface area contributed by atoms with Crippen molar-refractivity contribution in [3.8, 4) is 0 Å². The van der Waals surface area contributed by atoms with E-state index in [1.54, 1.807) is 29.2 Å². The molecule has 1 aliphatic carbocycles. The van der Waals surface area contributed by atoms with E-state index < -0.39 is 0 Å². The minimum atomic E-state index is 0.0169. The van der Waals surface area contributed by atoms with Gasteiger partial charge in [-0.05, 0) is 37.7 Å². The van der Waals surface area contributed by atoms with Crippen LogP contribution in [0.25, 0.3) is 10.2 Å². The van der Waals surface area contributed by atoms with Gasteiger partial charge in [0.1, 0.15) is 10.6 Å². The fraction of sp³-hybridized carbons (Fsp3) is 0.533. The molecule has 2 aromatic rings. The summed E-state index contributed by atoms with van der Waals surface area (Å²) in [4.78, 5) is 30.3. The van der Waals surface area contributed by atoms with E-state index in [-0.39, 0.29) is 11.3 Å². The number of carbonyl (C=O) groups is 1. The Hall–Kier alpha value is -1.49. The average molecular weight is 290 g/mol. The molecule has 2 aromatic heterocycles. The number of Topliss-reactive ketones (excluding diaryl/α,β-unsaturated/α-hetero) is 1. The summed E-state index contributed by atoms with van der Waals surface area (Å²) >= 11 is 1.66. The van der Waals surface area contributed by atoms with Crippen LogP contribution >= 0.6 is 11.3 Å². The number of ketones is 1. The Morgan fingerprint density at radius 2 is 2.35 bits per heavy atom. The summed E-state index contributed by atoms with van der Waals surface area (Å²) in [6.07, 6.45) is 5.14. The summed E-state index contributed by atoms with van der Waals surface area (Å²) in [6.45, 7) is 4.23. The van der Waals surface area contributed by atoms with E-state index in [4.69, 9.17) is 0 Å². The minimum Gasteiger partial charge on any atom is -0.300 e. The van der Waals surface area contributed by atoms with Crippen LogP contribution in [0.2, 0.25) is 0 Å². The summed E-state index contributed by atoms with van der Waals surface area (Å²) < 4.78 is 1.58. The molecular weight excluding hydrogens is 272 g/mol. The molecule has 5 heteroatoms. The molecule has 1 atom stereocenters. The van der Waals surface area contributed by atoms with Crippen LogP contribution in [0, 0.1) is 5.92 Å². The molecule has 0 bridgehead atoms. The predicted octanol–water partition coefficient (Wildman–Crippen LogP) is 2.56. The van der Waals surface area contributed by atoms with Crippen LogP contribution in [0.4, 0.5) is 0 Å². The zero-order valence-corrected chi connectivity index (χ0v) is 12.6. The average Bonchev–Trinajstić information content (AvgIpc) is 2.75. The monoisotopic (exact) mass is 290 g/mol. The van der Waals surface area contributed by atoms with Gasteiger partial charge in [0, 0.05) is 17.8 Å². The SMILES string of the molecule is CC(=O)CCn1cnc2sc3c(c2c1=O)CC[C@@H](C)C3. The van der Waals surface area contributed by atoms with E-state index in [2.05, 4.69) is 11.9 Å². The number of aryl methyl sites for hydroxylation is 2. The van der Waals surface area contributed by atoms with E-state index >= 15 is 0 Å². The summed E-state index contributed by atoms with van der Waals surface area (Å²) in [5.41, 5.74) is 1.22. The van der Waals surface area contributed by atoms with Crippen molar-refractivity contribution >= 4 is 27.3 Å². The van der Waals surface area contributed by atoms with Crippen molar-refractivity contribution in [3.63, 3.8) is 0 Å². The standard InChI is InChI=1S/C15H18N2O2S/c1-9-3-4-11-12(7-9)20-14-13(11)15(19)17(8-16-14)6-5-10(2)18/h8-9H,3-7H2,1-2H3/t9-/m1/s1. The first kappa shape index (κ1) is 13.5. The third-order valence-corrected chi connectivity index (χ3v) is 5.15. The van der Waals surface area contributed by atoms with E-state index in [0.29, 0.717) is 18.9 Å². The third-order valence-electron chi connectivity index (χ3n) is 3.99. The molecule has 0 fully saturated rings. The number of carbonyl (C=O) groups excluding carboxylic acids is 1. The van der Waals surface area contributed by atoms with Crippen molar-refractivity contribution in [3.05, 3.63) is 27.1 Å². The molecule has 0 aromatic carbocycles. The molecule has 0 unspecified atom stereocenters. The molecule has 0 radical (unpaired) electrons. The molecule has 0 amide bonds. The molecule has 0 saturated carbocycles. The maximum absolute atomic E-state index is 12.6. The lowest BCUT2D eigenvalue weighted by Crippen LogP contribution is -2.22. The number of nitrogens with zero attached hydrogens (tertiary/aromatic N) is 2. The molecule has 1 aliphatic rings. The Labute approximate surface area is 121 Å². The lowest BCUT2D eigenvalue weighted by molar-refractivity contribution is -0.117. The van der Waals surface area contributed by atoms with Crippen LogP contribution in [-0.2, 0) is 24.2 Å². The molecule has 0 spiro atoms. The summed E-state index contributed by atoms with van der Waals surface area (Å²) in [5.74, 6) is 0.786. The van der Waals surface area contributed by atoms with Gasteiger partial charge in [0.15, 0.2) is 0 Å². The smallest absolute Gasteiger partial charge is 0.262 e. The normalized spacial score (nSPS) is 18.2. The van der Waals surface area contributed by atoms with E-state index in [0.717, 1.165) is 29.5 Å². The molecule has 3 rings (SSSR count). The third kappa shape index (κ3) is 2.30. The van der Waals surface area contributed by atoms with Crippen molar-refractivity contribution in [2.45, 2.75) is 46.1 Å². The number of fused-ring (bicyclic) bond motifs is 3. The van der Waals surface area contributed by atoms with Crippen molar-refractivity contribution in [2.75, 3.05) is 0 Å². The topological polar surface area (TPSA) is 52.0 Å². The second kappa shape index (κ2) is 5.13. The first-order valence-electron chi connectivity index (χ1n) is 7.05. The maximum atomic E-state index is 12.6. The number of aromatic nitrogens is 2. The number of hydrogen-bond donors (Lipinski definition) is 0. The summed E-state index contributed by atoms with van der Waals surface area (Å²) in [5, 5.41) is 0.794. The number of rotatable bonds is 3. The van der Waals surface area contributed by atoms with Gasteiger partial charge in [-0.15, -0.1) is 11.3 Å². The second-order valence-electron chi connectivity index (χ2n) is 5.73. The van der Waals surface area contributed by atoms with Gasteiger partial charge in [-0.1, -0.05) is 6.92 Å². The van der Waals surface area contributed by atoms with E-state index in [9.17, 15) is 9.59 Å². The van der Waals surface area contributed by atoms with Crippen molar-refractivity contribution in [1.29, 1.82) is 0 Å². The van der Waals surface area contributed by atoms with Gasteiger partial charge in [-0.25, -0.2) is 4.98 Å². The van der Waals surface area contributed by atoms with Gasteiger partial charge in [0.05, 0.1) is 11.7 Å². The van der Waals surface area contributed by atoms with Crippen LogP contribution in [0.5, 0.6) is 0 Å². The van der Waals surface area contributed by atoms with Crippen LogP contribution in [0.15, 0.2) is 11.1 Å². The van der Waals surface area contributed by atoms with Crippen LogP contribution in [0.1, 0.15) is 37.1 Å². The highest BCUT2D eigenvalue weighted by atomic mass is 32.1. The van der Waals surface area contributed by atoms with Crippen molar-refractivity contribution in [1.82, 2.24) is 9.55 Å². The van der Waals surface area contributed by atoms with Crippen LogP contribution in [-0.4, -0.2) is 15.3 Å². The Morgan fingerprint density at radius 3 is 3.10 bits per heavy atom. The Morgan fingerprint density at radius 1 is 1.55 bits per heavy atom. The fourth-order valence-electron chi connectivity index (χ4n) is 2.80. The maximum Gasteiger partial charge on any atom is 0.262 e. The number of hydrogen-bond acceptors (Lipinski definition) is 4. The minimum absolute atomic E-state index is 0.0169. The van der Waals surface area contributed by atoms with Gasteiger partial charge in [0.25, 0.3) is 5.56 Å². The van der Waals surface area contributed by atoms with Gasteiger partial charge < -0.3 is 0 Å². The zero-order valence-electron chi connectivity index (χ0n) is 11.8. The lowest BCUT2D eigenvalue weighted by atomic mass is 9.89. The summed E-state index contributed by atoms with van der Waals surface area (Å²) in [6, 6.07) is 0. The molecule has 20 heavy (non-hydrogen) atoms. The number of thiophene rings is 1. The van der Waals surface area contributed by atoms with Gasteiger partial charge in [-0.3, -0.25) is 14.2 Å². The predicted molar refractivity (Wildman–Crippen MR) is 80.4 cm³/mol. The van der Waals surface area contributed by atoms with Crippen molar-refractivity contribution < 1.29 is 4.79 Å². The van der Waals surface area contributed by atoms with Crippen molar-refractivity contribution in [2.24, 2.45) is 5.92 Å². The molecular formula is C15H18N2O2S. The van der Waals surface area contributed by atoms with Gasteiger partial charge in [0.2, 0.25) is 0 Å². The van der Waals surface area contributed by atoms with Gasteiger partial charge in [-0.2, -0.15) is 0 Å². The highest BCUT2D eigenvalue weighted by molar-refractivity contribution is 7.18. The second-order valence-corrected chi connectivity index (χ2v) is 6.81. The molecule has 0 N–H and O–H groups in total. The Kier molecular flexibility index (Phi) is 3.46. The molecule has 4 nitrogen and oxygen atoms in total. The highest BCUT2D eigenvalue weighted by Gasteiger charge is 2.23. The quantitative estimate of drug-likeness (QED) is 0.873. The van der Waals surface area contributed by atoms with Crippen LogP contribution in [0.3, 0.4) is 0 Å². The molecule has 2 heterocycles. The first-order valence-corrected chi connectivity index (χ1v) is 7.87. The largest absolute Gasteiger partial charge is 0.300 e. The zero-order chi connectivity index (χ0) is 14.3. The Bertz CT molecular complexity index is 729. The first-order chi connectivity index (χ1) is 9.56. The lowest BCUT2D eigenvalue weighted by Gasteiger charge is -2.17. The highest BCUT2D eigenvalue weighted by Crippen LogP contribution is 2.35. The van der Waals surface area contributed by atoms with E-state index in [1.807, 2.05) is 0 Å². The van der Waals surface area contributed by atoms with E-state index in [1.165, 1.54) is 10.4 Å². The molecule has 0 aliphatic heterocycles. The van der Waals surface area contributed by atoms with Gasteiger partial charge >= 0.3 is 0 Å². The fourth-order valence-corrected chi connectivity index (χ4v) is 4.14. The summed E-state index contributed by atoms with van der Waals surface area (Å²) in [7, 11) is 0.